The quantitative estimate of drug-likeness (QED) is 0.0495. The van der Waals surface area contributed by atoms with Gasteiger partial charge in [-0.25, -0.2) is 4.98 Å². The lowest BCUT2D eigenvalue weighted by molar-refractivity contribution is 0.0607. The van der Waals surface area contributed by atoms with Crippen LogP contribution >= 0.6 is 0 Å². The minimum absolute atomic E-state index is 0.325. The van der Waals surface area contributed by atoms with Crippen molar-refractivity contribution in [2.45, 2.75) is 97.4 Å². The van der Waals surface area contributed by atoms with E-state index in [9.17, 15) is 24.0 Å². The van der Waals surface area contributed by atoms with E-state index < -0.39 is 0 Å². The molecule has 0 N–H and O–H groups in total. The Morgan fingerprint density at radius 2 is 1.00 bits per heavy atom. The molecule has 7 aromatic rings. The average molecular weight is 683 g/mol. The van der Waals surface area contributed by atoms with Crippen LogP contribution in [-0.4, -0.2) is 37.2 Å². The van der Waals surface area contributed by atoms with Crippen molar-refractivity contribution in [1.82, 2.24) is 18.9 Å². The van der Waals surface area contributed by atoms with Crippen LogP contribution in [0.1, 0.15) is 112 Å². The van der Waals surface area contributed by atoms with Crippen LogP contribution in [0.5, 0.6) is 0 Å². The Kier molecular flexibility index (Phi) is 8.52. The summed E-state index contributed by atoms with van der Waals surface area (Å²) in [7, 11) is 0. The van der Waals surface area contributed by atoms with E-state index in [0.717, 1.165) is 64.2 Å². The number of carbonyl (C=O) groups is 2. The standard InChI is InChI=1S/C42H42N4O5/c1-3-5-7-9-11-13-23-44-38(47)26-16-15-25-33-30(18-17-27(34(26)33)39(44)48)42(51)46-32-22-20-29-35-28(19-21-31(36(32)35)43-37(25)46)40(49)45(41(29)50)24-14-12-10-8-6-4-2/h15-22H,3-14,23-24H2,1-2H3. The number of nitrogens with zero attached hydrogens (tertiary/aromatic N) is 4. The third kappa shape index (κ3) is 5.11. The molecule has 9 nitrogen and oxygen atoms in total. The van der Waals surface area contributed by atoms with Gasteiger partial charge >= 0.3 is 0 Å². The molecule has 4 aromatic carbocycles. The van der Waals surface area contributed by atoms with Gasteiger partial charge in [0, 0.05) is 67.3 Å². The topological polar surface area (TPSA) is 111 Å². The van der Waals surface area contributed by atoms with Crippen molar-refractivity contribution >= 4 is 71.6 Å². The summed E-state index contributed by atoms with van der Waals surface area (Å²) in [5.74, 6) is -0.676. The van der Waals surface area contributed by atoms with Crippen LogP contribution in [0.3, 0.4) is 0 Å². The number of carbonyl (C=O) groups excluding carboxylic acids is 2. The maximum atomic E-state index is 14.5. The van der Waals surface area contributed by atoms with Crippen LogP contribution in [0.25, 0.3) is 59.8 Å². The van der Waals surface area contributed by atoms with Crippen LogP contribution in [0, 0.1) is 0 Å². The van der Waals surface area contributed by atoms with E-state index in [-0.39, 0.29) is 28.5 Å². The molecule has 0 spiro atoms. The summed E-state index contributed by atoms with van der Waals surface area (Å²) >= 11 is 0. The SMILES string of the molecule is CCCCCCCCN1C(=O)c2ccc3c(=O)n4c5ccc6c(=O)n(CCCCCCCC)c(=O)c7ccc(nc4c4ccc(c2c34)C1=O)c5c76. The van der Waals surface area contributed by atoms with Gasteiger partial charge in [-0.2, -0.15) is 0 Å². The molecular weight excluding hydrogens is 640 g/mol. The largest absolute Gasteiger partial charge is 0.274 e. The molecule has 0 saturated heterocycles. The maximum absolute atomic E-state index is 14.5. The molecule has 8 rings (SSSR count). The smallest absolute Gasteiger partial charge is 0.264 e. The van der Waals surface area contributed by atoms with Crippen molar-refractivity contribution < 1.29 is 9.59 Å². The molecular formula is C42H42N4O5. The third-order valence-electron chi connectivity index (χ3n) is 11.0. The number of imide groups is 1. The summed E-state index contributed by atoms with van der Waals surface area (Å²) in [4.78, 5) is 75.9. The van der Waals surface area contributed by atoms with Crippen molar-refractivity contribution in [2.75, 3.05) is 6.54 Å². The van der Waals surface area contributed by atoms with Gasteiger partial charge in [0.1, 0.15) is 5.65 Å². The number of amides is 2. The Bertz CT molecular complexity index is 2640. The van der Waals surface area contributed by atoms with Gasteiger partial charge in [0.2, 0.25) is 0 Å². The van der Waals surface area contributed by atoms with Gasteiger partial charge in [-0.3, -0.25) is 37.8 Å². The minimum atomic E-state index is -0.344. The molecule has 0 saturated carbocycles. The highest BCUT2D eigenvalue weighted by molar-refractivity contribution is 6.31. The Balaban J connectivity index is 1.26. The number of unbranched alkanes of at least 4 members (excludes halogenated alkanes) is 10. The second-order valence-electron chi connectivity index (χ2n) is 14.2. The van der Waals surface area contributed by atoms with E-state index in [1.54, 1.807) is 46.9 Å². The van der Waals surface area contributed by atoms with Gasteiger partial charge in [0.15, 0.2) is 0 Å². The van der Waals surface area contributed by atoms with E-state index in [4.69, 9.17) is 4.98 Å². The summed E-state index contributed by atoms with van der Waals surface area (Å²) in [6.07, 6.45) is 12.6. The van der Waals surface area contributed by atoms with E-state index in [1.165, 1.54) is 22.3 Å². The Labute approximate surface area is 294 Å². The van der Waals surface area contributed by atoms with Crippen LogP contribution in [0.2, 0.25) is 0 Å². The fraction of sp³-hybridized carbons (Fsp3) is 0.381. The van der Waals surface area contributed by atoms with E-state index in [1.807, 2.05) is 6.07 Å². The van der Waals surface area contributed by atoms with Gasteiger partial charge < -0.3 is 0 Å². The van der Waals surface area contributed by atoms with Gasteiger partial charge in [-0.15, -0.1) is 0 Å². The lowest BCUT2D eigenvalue weighted by Crippen LogP contribution is -2.41. The highest BCUT2D eigenvalue weighted by Crippen LogP contribution is 2.38. The molecule has 0 radical (unpaired) electrons. The molecule has 1 aliphatic rings. The minimum Gasteiger partial charge on any atom is -0.274 e. The first-order valence-corrected chi connectivity index (χ1v) is 18.7. The third-order valence-corrected chi connectivity index (χ3v) is 11.0. The fourth-order valence-electron chi connectivity index (χ4n) is 8.37. The summed E-state index contributed by atoms with van der Waals surface area (Å²) in [6.45, 7) is 5.08. The normalized spacial score (nSPS) is 13.5. The first-order valence-electron chi connectivity index (χ1n) is 18.7. The predicted octanol–water partition coefficient (Wildman–Crippen LogP) is 8.18. The monoisotopic (exact) mass is 682 g/mol. The van der Waals surface area contributed by atoms with Gasteiger partial charge in [-0.05, 0) is 61.4 Å². The molecule has 4 heterocycles. The number of hydrogen-bond donors (Lipinski definition) is 0. The summed E-state index contributed by atoms with van der Waals surface area (Å²) in [6, 6.07) is 13.9. The van der Waals surface area contributed by atoms with Crippen LogP contribution in [-0.2, 0) is 6.54 Å². The Morgan fingerprint density at radius 3 is 1.65 bits per heavy atom. The molecule has 260 valence electrons. The molecule has 51 heavy (non-hydrogen) atoms. The summed E-state index contributed by atoms with van der Waals surface area (Å²) in [5.41, 5.74) is 1.31. The number of aromatic nitrogens is 3. The van der Waals surface area contributed by atoms with Gasteiger partial charge in [0.05, 0.1) is 11.0 Å². The zero-order valence-corrected chi connectivity index (χ0v) is 29.3. The lowest BCUT2D eigenvalue weighted by Gasteiger charge is -2.28. The van der Waals surface area contributed by atoms with Crippen molar-refractivity contribution in [3.63, 3.8) is 0 Å². The van der Waals surface area contributed by atoms with Crippen molar-refractivity contribution in [3.05, 3.63) is 90.7 Å². The van der Waals surface area contributed by atoms with E-state index in [2.05, 4.69) is 13.8 Å². The Morgan fingerprint density at radius 1 is 0.490 bits per heavy atom. The molecule has 0 atom stereocenters. The maximum Gasteiger partial charge on any atom is 0.264 e. The second-order valence-corrected chi connectivity index (χ2v) is 14.2. The predicted molar refractivity (Wildman–Crippen MR) is 204 cm³/mol. The zero-order valence-electron chi connectivity index (χ0n) is 29.3. The molecule has 0 fully saturated rings. The fourth-order valence-corrected chi connectivity index (χ4v) is 8.37. The molecule has 0 unspecified atom stereocenters. The second kappa shape index (κ2) is 13.2. The molecule has 0 bridgehead atoms. The highest BCUT2D eigenvalue weighted by Gasteiger charge is 2.34. The van der Waals surface area contributed by atoms with Crippen LogP contribution < -0.4 is 16.7 Å². The molecule has 3 aromatic heterocycles. The summed E-state index contributed by atoms with van der Waals surface area (Å²) < 4.78 is 2.90. The van der Waals surface area contributed by atoms with Crippen LogP contribution in [0.15, 0.2) is 62.9 Å². The van der Waals surface area contributed by atoms with Gasteiger partial charge in [-0.1, -0.05) is 78.1 Å². The van der Waals surface area contributed by atoms with Crippen molar-refractivity contribution in [3.8, 4) is 0 Å². The molecule has 1 aliphatic heterocycles. The first kappa shape index (κ1) is 33.0. The number of hydrogen-bond acceptors (Lipinski definition) is 6. The van der Waals surface area contributed by atoms with Crippen LogP contribution in [0.4, 0.5) is 0 Å². The zero-order chi connectivity index (χ0) is 35.4. The van der Waals surface area contributed by atoms with E-state index in [0.29, 0.717) is 84.0 Å². The molecule has 9 heteroatoms. The number of fused-ring (bicyclic) bond motifs is 3. The van der Waals surface area contributed by atoms with Crippen molar-refractivity contribution in [2.24, 2.45) is 0 Å². The first-order chi connectivity index (χ1) is 24.9. The summed E-state index contributed by atoms with van der Waals surface area (Å²) in [5, 5.41) is 4.03. The number of pyridine rings is 2. The average Bonchev–Trinajstić information content (AvgIpc) is 3.14. The molecule has 2 amide bonds. The number of benzene rings is 4. The van der Waals surface area contributed by atoms with E-state index >= 15 is 0 Å². The highest BCUT2D eigenvalue weighted by atomic mass is 16.2. The molecule has 0 aliphatic carbocycles. The lowest BCUT2D eigenvalue weighted by atomic mass is 9.90. The van der Waals surface area contributed by atoms with Gasteiger partial charge in [0.25, 0.3) is 28.5 Å². The van der Waals surface area contributed by atoms with Crippen molar-refractivity contribution in [1.29, 1.82) is 0 Å². The Hall–Kier alpha value is -5.18. The number of rotatable bonds is 14.